The van der Waals surface area contributed by atoms with E-state index in [1.165, 1.54) is 6.42 Å². The number of nitrogens with zero attached hydrogens (tertiary/aromatic N) is 3. The lowest BCUT2D eigenvalue weighted by Crippen LogP contribution is -2.46. The van der Waals surface area contributed by atoms with E-state index < -0.39 is 6.10 Å². The summed E-state index contributed by atoms with van der Waals surface area (Å²) in [5.74, 6) is 0.866. The Kier molecular flexibility index (Phi) is 6.58. The molecule has 0 aromatic carbocycles. The fourth-order valence-electron chi connectivity index (χ4n) is 3.35. The number of ether oxygens (including phenoxy) is 2. The molecule has 2 atom stereocenters. The molecule has 2 aliphatic heterocycles. The lowest BCUT2D eigenvalue weighted by atomic mass is 10.0. The standard InChI is InChI=1S/C18H28N4O3/c1-14(25-13-16-5-2-3-12-24-16)18(23)22-10-7-15(8-11-22)20-17-6-4-9-19-21-17/h4,6,9,14-16H,2-3,5,7-8,10-13H2,1H3,(H,20,21). The van der Waals surface area contributed by atoms with Crippen LogP contribution in [0.15, 0.2) is 18.3 Å². The van der Waals surface area contributed by atoms with Crippen molar-refractivity contribution >= 4 is 11.7 Å². The van der Waals surface area contributed by atoms with Gasteiger partial charge in [-0.15, -0.1) is 5.10 Å². The van der Waals surface area contributed by atoms with Crippen LogP contribution in [0, 0.1) is 0 Å². The van der Waals surface area contributed by atoms with Crippen molar-refractivity contribution in [2.24, 2.45) is 0 Å². The molecule has 0 aliphatic carbocycles. The molecule has 0 bridgehead atoms. The largest absolute Gasteiger partial charge is 0.376 e. The molecule has 2 unspecified atom stereocenters. The molecule has 7 nitrogen and oxygen atoms in total. The first kappa shape index (κ1) is 18.1. The van der Waals surface area contributed by atoms with E-state index in [-0.39, 0.29) is 12.0 Å². The minimum Gasteiger partial charge on any atom is -0.376 e. The summed E-state index contributed by atoms with van der Waals surface area (Å²) in [7, 11) is 0. The molecule has 2 aliphatic rings. The van der Waals surface area contributed by atoms with Crippen LogP contribution in [0.4, 0.5) is 5.82 Å². The lowest BCUT2D eigenvalue weighted by Gasteiger charge is -2.34. The summed E-state index contributed by atoms with van der Waals surface area (Å²) < 4.78 is 11.4. The van der Waals surface area contributed by atoms with Gasteiger partial charge >= 0.3 is 0 Å². The minimum absolute atomic E-state index is 0.0776. The molecule has 2 fully saturated rings. The van der Waals surface area contributed by atoms with Crippen molar-refractivity contribution in [1.82, 2.24) is 15.1 Å². The average molecular weight is 348 g/mol. The van der Waals surface area contributed by atoms with Gasteiger partial charge in [-0.05, 0) is 51.2 Å². The molecule has 25 heavy (non-hydrogen) atoms. The fraction of sp³-hybridized carbons (Fsp3) is 0.722. The van der Waals surface area contributed by atoms with Crippen molar-refractivity contribution in [1.29, 1.82) is 0 Å². The predicted molar refractivity (Wildman–Crippen MR) is 94.3 cm³/mol. The van der Waals surface area contributed by atoms with E-state index in [1.807, 2.05) is 24.0 Å². The average Bonchev–Trinajstić information content (AvgIpc) is 2.68. The first-order valence-corrected chi connectivity index (χ1v) is 9.28. The van der Waals surface area contributed by atoms with Crippen molar-refractivity contribution in [2.75, 3.05) is 31.6 Å². The number of amides is 1. The first-order valence-electron chi connectivity index (χ1n) is 9.28. The summed E-state index contributed by atoms with van der Waals surface area (Å²) in [6.07, 6.45) is 6.54. The van der Waals surface area contributed by atoms with Crippen molar-refractivity contribution in [3.63, 3.8) is 0 Å². The molecule has 2 saturated heterocycles. The molecule has 1 N–H and O–H groups in total. The highest BCUT2D eigenvalue weighted by Crippen LogP contribution is 2.17. The predicted octanol–water partition coefficient (Wildman–Crippen LogP) is 1.85. The smallest absolute Gasteiger partial charge is 0.251 e. The second kappa shape index (κ2) is 9.10. The van der Waals surface area contributed by atoms with Crippen LogP contribution in [0.2, 0.25) is 0 Å². The molecule has 0 spiro atoms. The van der Waals surface area contributed by atoms with Crippen LogP contribution in [-0.2, 0) is 14.3 Å². The van der Waals surface area contributed by atoms with E-state index in [4.69, 9.17) is 9.47 Å². The third-order valence-electron chi connectivity index (χ3n) is 4.88. The lowest BCUT2D eigenvalue weighted by molar-refractivity contribution is -0.147. The van der Waals surface area contributed by atoms with Crippen molar-refractivity contribution in [3.05, 3.63) is 18.3 Å². The second-order valence-electron chi connectivity index (χ2n) is 6.82. The van der Waals surface area contributed by atoms with Gasteiger partial charge < -0.3 is 19.7 Å². The summed E-state index contributed by atoms with van der Waals surface area (Å²) in [5, 5.41) is 11.3. The number of hydrogen-bond donors (Lipinski definition) is 1. The van der Waals surface area contributed by atoms with Crippen LogP contribution in [0.3, 0.4) is 0 Å². The highest BCUT2D eigenvalue weighted by molar-refractivity contribution is 5.80. The van der Waals surface area contributed by atoms with Gasteiger partial charge in [0, 0.05) is 31.9 Å². The van der Waals surface area contributed by atoms with Gasteiger partial charge in [0.05, 0.1) is 12.7 Å². The Labute approximate surface area is 149 Å². The Balaban J connectivity index is 1.38. The van der Waals surface area contributed by atoms with Crippen LogP contribution < -0.4 is 5.32 Å². The molecule has 1 amide bonds. The number of nitrogens with one attached hydrogen (secondary N) is 1. The molecule has 1 aromatic heterocycles. The Morgan fingerprint density at radius 2 is 2.24 bits per heavy atom. The Morgan fingerprint density at radius 1 is 1.40 bits per heavy atom. The quantitative estimate of drug-likeness (QED) is 0.845. The monoisotopic (exact) mass is 348 g/mol. The third-order valence-corrected chi connectivity index (χ3v) is 4.88. The fourth-order valence-corrected chi connectivity index (χ4v) is 3.35. The van der Waals surface area contributed by atoms with Crippen LogP contribution in [0.5, 0.6) is 0 Å². The zero-order valence-electron chi connectivity index (χ0n) is 14.9. The van der Waals surface area contributed by atoms with Crippen molar-refractivity contribution < 1.29 is 14.3 Å². The molecule has 1 aromatic rings. The molecule has 3 rings (SSSR count). The molecule has 7 heteroatoms. The summed E-state index contributed by atoms with van der Waals surface area (Å²) in [6.45, 7) is 4.64. The van der Waals surface area contributed by atoms with E-state index in [9.17, 15) is 4.79 Å². The van der Waals surface area contributed by atoms with Crippen molar-refractivity contribution in [2.45, 2.75) is 57.3 Å². The summed E-state index contributed by atoms with van der Waals surface area (Å²) in [4.78, 5) is 14.5. The van der Waals surface area contributed by atoms with Gasteiger partial charge in [0.2, 0.25) is 0 Å². The number of rotatable bonds is 6. The maximum Gasteiger partial charge on any atom is 0.251 e. The number of aromatic nitrogens is 2. The number of carbonyl (C=O) groups is 1. The Hall–Kier alpha value is -1.73. The van der Waals surface area contributed by atoms with Gasteiger partial charge in [0.15, 0.2) is 0 Å². The van der Waals surface area contributed by atoms with Crippen LogP contribution in [0.1, 0.15) is 39.0 Å². The van der Waals surface area contributed by atoms with E-state index in [0.717, 1.165) is 51.2 Å². The van der Waals surface area contributed by atoms with Gasteiger partial charge in [-0.1, -0.05) is 0 Å². The first-order chi connectivity index (χ1) is 12.2. The maximum atomic E-state index is 12.6. The third kappa shape index (κ3) is 5.37. The zero-order valence-corrected chi connectivity index (χ0v) is 14.9. The van der Waals surface area contributed by atoms with Gasteiger partial charge in [-0.2, -0.15) is 5.10 Å². The number of likely N-dealkylation sites (tertiary alicyclic amines) is 1. The molecule has 138 valence electrons. The molecule has 0 radical (unpaired) electrons. The van der Waals surface area contributed by atoms with E-state index in [0.29, 0.717) is 12.6 Å². The second-order valence-corrected chi connectivity index (χ2v) is 6.82. The highest BCUT2D eigenvalue weighted by Gasteiger charge is 2.27. The van der Waals surface area contributed by atoms with Crippen molar-refractivity contribution in [3.8, 4) is 0 Å². The number of piperidine rings is 1. The summed E-state index contributed by atoms with van der Waals surface area (Å²) in [6, 6.07) is 4.10. The minimum atomic E-state index is -0.407. The van der Waals surface area contributed by atoms with Crippen LogP contribution in [-0.4, -0.2) is 65.6 Å². The molecule has 3 heterocycles. The van der Waals surface area contributed by atoms with Gasteiger partial charge in [-0.25, -0.2) is 0 Å². The van der Waals surface area contributed by atoms with E-state index in [1.54, 1.807) is 6.20 Å². The maximum absolute atomic E-state index is 12.6. The Morgan fingerprint density at radius 3 is 2.92 bits per heavy atom. The summed E-state index contributed by atoms with van der Waals surface area (Å²) in [5.41, 5.74) is 0. The van der Waals surface area contributed by atoms with E-state index in [2.05, 4.69) is 15.5 Å². The van der Waals surface area contributed by atoms with Gasteiger partial charge in [0.25, 0.3) is 5.91 Å². The Bertz CT molecular complexity index is 528. The molecular weight excluding hydrogens is 320 g/mol. The zero-order chi connectivity index (χ0) is 17.5. The van der Waals surface area contributed by atoms with Crippen LogP contribution >= 0.6 is 0 Å². The molecule has 0 saturated carbocycles. The molecular formula is C18H28N4O3. The number of carbonyl (C=O) groups excluding carboxylic acids is 1. The topological polar surface area (TPSA) is 76.6 Å². The highest BCUT2D eigenvalue weighted by atomic mass is 16.5. The van der Waals surface area contributed by atoms with Gasteiger partial charge in [-0.3, -0.25) is 4.79 Å². The normalized spacial score (nSPS) is 23.2. The van der Waals surface area contributed by atoms with E-state index >= 15 is 0 Å². The number of hydrogen-bond acceptors (Lipinski definition) is 6. The summed E-state index contributed by atoms with van der Waals surface area (Å²) >= 11 is 0. The van der Waals surface area contributed by atoms with Gasteiger partial charge in [0.1, 0.15) is 11.9 Å². The SMILES string of the molecule is CC(OCC1CCCCO1)C(=O)N1CCC(Nc2cccnn2)CC1. The number of anilines is 1. The van der Waals surface area contributed by atoms with Crippen LogP contribution in [0.25, 0.3) is 0 Å².